The summed E-state index contributed by atoms with van der Waals surface area (Å²) in [6.07, 6.45) is 2.91. The Balaban J connectivity index is 2.62. The van der Waals surface area contributed by atoms with E-state index in [0.29, 0.717) is 0 Å². The van der Waals surface area contributed by atoms with Crippen LogP contribution in [0.5, 0.6) is 0 Å². The van der Waals surface area contributed by atoms with Crippen molar-refractivity contribution < 1.29 is 4.79 Å². The van der Waals surface area contributed by atoms with E-state index < -0.39 is 5.91 Å². The minimum Gasteiger partial charge on any atom is -0.351 e. The number of nitrogens with two attached hydrogens (primary N) is 1. The van der Waals surface area contributed by atoms with Crippen LogP contribution < -0.4 is 5.73 Å². The average molecular weight is 110 g/mol. The van der Waals surface area contributed by atoms with Gasteiger partial charge >= 0.3 is 12.1 Å². The number of rotatable bonds is 1. The van der Waals surface area contributed by atoms with Crippen molar-refractivity contribution in [1.82, 2.24) is 0 Å². The van der Waals surface area contributed by atoms with Crippen molar-refractivity contribution in [2.45, 2.75) is 0 Å². The summed E-state index contributed by atoms with van der Waals surface area (Å²) in [5.41, 5.74) is 4.79. The van der Waals surface area contributed by atoms with Gasteiger partial charge in [-0.15, -0.1) is 0 Å². The summed E-state index contributed by atoms with van der Waals surface area (Å²) in [5, 5.41) is 0. The predicted molar refractivity (Wildman–Crippen MR) is 29.4 cm³/mol. The number of hydrogen-bond donors (Lipinski definition) is 1. The maximum Gasteiger partial charge on any atom is 0.344 e. The summed E-state index contributed by atoms with van der Waals surface area (Å²) in [6.45, 7) is 0. The molecule has 1 rings (SSSR count). The minimum absolute atomic E-state index is 0.0741. The zero-order valence-electron chi connectivity index (χ0n) is 4.03. The highest BCUT2D eigenvalue weighted by Gasteiger charge is 2.22. The Bertz CT molecular complexity index is 149. The van der Waals surface area contributed by atoms with Crippen LogP contribution in [0.4, 0.5) is 0 Å². The second-order valence-corrected chi connectivity index (χ2v) is 1.24. The minimum atomic E-state index is -0.588. The fourth-order valence-corrected chi connectivity index (χ4v) is 0.368. The third kappa shape index (κ3) is 0.676. The van der Waals surface area contributed by atoms with Gasteiger partial charge in [-0.3, -0.25) is 0 Å². The van der Waals surface area contributed by atoms with E-state index in [1.807, 2.05) is 0 Å². The molecule has 0 aromatic rings. The van der Waals surface area contributed by atoms with E-state index in [0.717, 1.165) is 0 Å². The van der Waals surface area contributed by atoms with Gasteiger partial charge in [0.25, 0.3) is 0 Å². The van der Waals surface area contributed by atoms with Gasteiger partial charge in [-0.2, -0.15) is 0 Å². The fraction of sp³-hybridized carbons (Fsp3) is 0. The Morgan fingerprint density at radius 1 is 1.50 bits per heavy atom. The van der Waals surface area contributed by atoms with E-state index in [1.165, 1.54) is 12.4 Å². The molecule has 8 heavy (non-hydrogen) atoms. The van der Waals surface area contributed by atoms with E-state index in [2.05, 4.69) is 9.98 Å². The lowest BCUT2D eigenvalue weighted by atomic mass is 10.5. The SMILES string of the molecule is NC(=O)[C+]1N=CC=N1. The molecule has 0 aromatic carbocycles. The van der Waals surface area contributed by atoms with Crippen LogP contribution in [0, 0.1) is 6.17 Å². The van der Waals surface area contributed by atoms with Gasteiger partial charge in [0.15, 0.2) is 12.4 Å². The lowest BCUT2D eigenvalue weighted by Gasteiger charge is -1.81. The number of amides is 1. The van der Waals surface area contributed by atoms with Crippen LogP contribution in [0.3, 0.4) is 0 Å². The second kappa shape index (κ2) is 1.65. The molecular weight excluding hydrogens is 106 g/mol. The Morgan fingerprint density at radius 3 is 2.25 bits per heavy atom. The third-order valence-electron chi connectivity index (χ3n) is 0.681. The second-order valence-electron chi connectivity index (χ2n) is 1.24. The van der Waals surface area contributed by atoms with Crippen LogP contribution in [0.2, 0.25) is 0 Å². The molecule has 0 spiro atoms. The maximum atomic E-state index is 10.2. The fourth-order valence-electron chi connectivity index (χ4n) is 0.368. The molecule has 1 amide bonds. The summed E-state index contributed by atoms with van der Waals surface area (Å²) in [6, 6.07) is 0. The van der Waals surface area contributed by atoms with E-state index >= 15 is 0 Å². The highest BCUT2D eigenvalue weighted by atomic mass is 16.1. The zero-order chi connectivity index (χ0) is 5.98. The molecule has 1 heterocycles. The molecule has 0 fully saturated rings. The van der Waals surface area contributed by atoms with Crippen LogP contribution >= 0.6 is 0 Å². The highest BCUT2D eigenvalue weighted by Crippen LogP contribution is 2.03. The molecule has 1 aliphatic rings. The highest BCUT2D eigenvalue weighted by molar-refractivity contribution is 6.20. The van der Waals surface area contributed by atoms with E-state index in [9.17, 15) is 4.79 Å². The van der Waals surface area contributed by atoms with Crippen molar-refractivity contribution >= 4 is 18.3 Å². The molecule has 0 atom stereocenters. The molecule has 0 saturated carbocycles. The van der Waals surface area contributed by atoms with Crippen LogP contribution in [0.15, 0.2) is 9.98 Å². The lowest BCUT2D eigenvalue weighted by Crippen LogP contribution is -2.16. The Labute approximate surface area is 46.1 Å². The number of carbonyl (C=O) groups is 1. The predicted octanol–water partition coefficient (Wildman–Crippen LogP) is -0.884. The summed E-state index contributed by atoms with van der Waals surface area (Å²) < 4.78 is 0. The van der Waals surface area contributed by atoms with Crippen molar-refractivity contribution in [1.29, 1.82) is 0 Å². The molecule has 0 unspecified atom stereocenters. The Morgan fingerprint density at radius 2 is 2.00 bits per heavy atom. The van der Waals surface area contributed by atoms with Gasteiger partial charge in [-0.1, -0.05) is 9.98 Å². The first-order chi connectivity index (χ1) is 3.80. The molecular formula is C4H4N3O+. The van der Waals surface area contributed by atoms with Crippen molar-refractivity contribution in [3.05, 3.63) is 6.17 Å². The van der Waals surface area contributed by atoms with Crippen molar-refractivity contribution in [3.8, 4) is 0 Å². The van der Waals surface area contributed by atoms with Gasteiger partial charge in [-0.25, -0.2) is 4.79 Å². The van der Waals surface area contributed by atoms with Gasteiger partial charge < -0.3 is 5.73 Å². The summed E-state index contributed by atoms with van der Waals surface area (Å²) in [7, 11) is 0. The van der Waals surface area contributed by atoms with Crippen LogP contribution in [0.25, 0.3) is 0 Å². The largest absolute Gasteiger partial charge is 0.351 e. The quantitative estimate of drug-likeness (QED) is 0.437. The third-order valence-corrected chi connectivity index (χ3v) is 0.681. The lowest BCUT2D eigenvalue weighted by molar-refractivity contribution is -0.116. The van der Waals surface area contributed by atoms with Gasteiger partial charge in [-0.05, 0) is 0 Å². The van der Waals surface area contributed by atoms with E-state index in [-0.39, 0.29) is 6.17 Å². The number of carbonyl (C=O) groups excluding carboxylic acids is 1. The van der Waals surface area contributed by atoms with Gasteiger partial charge in [0.2, 0.25) is 0 Å². The molecule has 4 nitrogen and oxygen atoms in total. The summed E-state index contributed by atoms with van der Waals surface area (Å²) >= 11 is 0. The van der Waals surface area contributed by atoms with Crippen molar-refractivity contribution in [2.75, 3.05) is 0 Å². The summed E-state index contributed by atoms with van der Waals surface area (Å²) in [5.74, 6) is -0.588. The molecule has 4 heteroatoms. The van der Waals surface area contributed by atoms with Crippen LogP contribution in [0.1, 0.15) is 0 Å². The summed E-state index contributed by atoms with van der Waals surface area (Å²) in [4.78, 5) is 17.2. The molecule has 1 aliphatic heterocycles. The smallest absolute Gasteiger partial charge is 0.344 e. The standard InChI is InChI=1S/C4H3N3O/c5-3(8)4-6-1-2-7-4/h1-2H,(H-,5,8)/p+1. The maximum absolute atomic E-state index is 10.2. The van der Waals surface area contributed by atoms with Gasteiger partial charge in [0.05, 0.1) is 0 Å². The molecule has 0 aromatic heterocycles. The van der Waals surface area contributed by atoms with Crippen LogP contribution in [-0.4, -0.2) is 18.3 Å². The monoisotopic (exact) mass is 110 g/mol. The van der Waals surface area contributed by atoms with Crippen molar-refractivity contribution in [2.24, 2.45) is 15.7 Å². The number of nitrogens with zero attached hydrogens (tertiary/aromatic N) is 2. The number of aliphatic imine (C=N–C) groups is 2. The molecule has 2 N–H and O–H groups in total. The molecule has 0 bridgehead atoms. The topological polar surface area (TPSA) is 67.8 Å². The van der Waals surface area contributed by atoms with Gasteiger partial charge in [0.1, 0.15) is 0 Å². The first-order valence-electron chi connectivity index (χ1n) is 2.04. The van der Waals surface area contributed by atoms with Gasteiger partial charge in [0, 0.05) is 0 Å². The normalized spacial score (nSPS) is 15.2. The van der Waals surface area contributed by atoms with E-state index in [1.54, 1.807) is 0 Å². The van der Waals surface area contributed by atoms with Crippen LogP contribution in [-0.2, 0) is 4.79 Å². The number of hydrogen-bond acceptors (Lipinski definition) is 3. The Kier molecular flexibility index (Phi) is 0.997. The molecule has 40 valence electrons. The molecule has 0 saturated heterocycles. The average Bonchev–Trinajstić information content (AvgIpc) is 2.12. The molecule has 0 radical (unpaired) electrons. The molecule has 0 aliphatic carbocycles. The van der Waals surface area contributed by atoms with Crippen molar-refractivity contribution in [3.63, 3.8) is 0 Å². The zero-order valence-corrected chi connectivity index (χ0v) is 4.03. The Hall–Kier alpha value is -1.32. The first-order valence-corrected chi connectivity index (χ1v) is 2.04. The van der Waals surface area contributed by atoms with E-state index in [4.69, 9.17) is 5.73 Å². The first kappa shape index (κ1) is 4.83. The number of primary amides is 1.